The summed E-state index contributed by atoms with van der Waals surface area (Å²) in [6.45, 7) is 26.5. The van der Waals surface area contributed by atoms with Crippen molar-refractivity contribution in [3.05, 3.63) is 63.0 Å². The minimum atomic E-state index is -0.628. The van der Waals surface area contributed by atoms with Gasteiger partial charge in [-0.15, -0.1) is 0 Å². The number of ether oxygens (including phenoxy) is 7. The number of esters is 3. The van der Waals surface area contributed by atoms with Crippen molar-refractivity contribution in [3.8, 4) is 0 Å². The third-order valence-electron chi connectivity index (χ3n) is 5.33. The van der Waals surface area contributed by atoms with E-state index in [0.717, 1.165) is 18.2 Å². The fraction of sp³-hybridized carbons (Fsp3) is 0.567. The van der Waals surface area contributed by atoms with Gasteiger partial charge in [-0.3, -0.25) is 0 Å². The molecule has 0 aromatic rings. The molecule has 0 saturated heterocycles. The molecule has 0 aromatic heterocycles. The second kappa shape index (κ2) is 19.8. The lowest BCUT2D eigenvalue weighted by Gasteiger charge is -2.31. The molecular formula is C30H46O10. The summed E-state index contributed by atoms with van der Waals surface area (Å²) in [5.74, 6) is -1.86. The molecule has 0 aliphatic rings. The van der Waals surface area contributed by atoms with Crippen molar-refractivity contribution in [2.24, 2.45) is 11.8 Å². The first-order valence-electron chi connectivity index (χ1n) is 12.9. The van der Waals surface area contributed by atoms with E-state index in [1.54, 1.807) is 0 Å². The van der Waals surface area contributed by atoms with Gasteiger partial charge in [-0.1, -0.05) is 32.9 Å². The molecule has 0 N–H and O–H groups in total. The van der Waals surface area contributed by atoms with Crippen LogP contribution in [0.3, 0.4) is 0 Å². The summed E-state index contributed by atoms with van der Waals surface area (Å²) in [7, 11) is 0. The molecular weight excluding hydrogens is 520 g/mol. The fourth-order valence-corrected chi connectivity index (χ4v) is 2.85. The molecule has 0 bridgehead atoms. The predicted molar refractivity (Wildman–Crippen MR) is 151 cm³/mol. The first-order chi connectivity index (χ1) is 18.8. The Morgan fingerprint density at radius 3 is 1.52 bits per heavy atom. The monoisotopic (exact) mass is 566 g/mol. The maximum Gasteiger partial charge on any atom is 0.330 e. The van der Waals surface area contributed by atoms with Gasteiger partial charge in [-0.05, 0) is 40.2 Å². The first kappa shape index (κ1) is 36.8. The van der Waals surface area contributed by atoms with Crippen LogP contribution in [0.25, 0.3) is 0 Å². The Balaban J connectivity index is 4.71. The Kier molecular flexibility index (Phi) is 18.2. The van der Waals surface area contributed by atoms with E-state index in [-0.39, 0.29) is 58.1 Å². The van der Waals surface area contributed by atoms with Crippen LogP contribution in [0.4, 0.5) is 0 Å². The Labute approximate surface area is 238 Å². The van der Waals surface area contributed by atoms with Crippen LogP contribution in [0.1, 0.15) is 34.1 Å². The van der Waals surface area contributed by atoms with Gasteiger partial charge in [0.05, 0.1) is 75.9 Å². The minimum Gasteiger partial charge on any atom is -0.494 e. The van der Waals surface area contributed by atoms with Gasteiger partial charge in [0.25, 0.3) is 0 Å². The average Bonchev–Trinajstić information content (AvgIpc) is 2.92. The SMILES string of the molecule is C=CC(=C)OCC(COC(=O)C=C)COC(C)(C)CCOC(C)(C)COCC(COC(=O)C=C)COC(=O)C=C. The second-order valence-electron chi connectivity index (χ2n) is 10.2. The number of hydrogen-bond donors (Lipinski definition) is 0. The van der Waals surface area contributed by atoms with Crippen LogP contribution in [-0.2, 0) is 47.5 Å². The molecule has 1 unspecified atom stereocenters. The van der Waals surface area contributed by atoms with Crippen molar-refractivity contribution in [1.82, 2.24) is 0 Å². The summed E-state index contributed by atoms with van der Waals surface area (Å²) in [6.07, 6.45) is 5.29. The Hall–Kier alpha value is -3.21. The van der Waals surface area contributed by atoms with Gasteiger partial charge < -0.3 is 33.2 Å². The smallest absolute Gasteiger partial charge is 0.330 e. The molecule has 0 aliphatic carbocycles. The standard InChI is InChI=1S/C30H46O10/c1-10-23(5)35-17-25(20-38-28(33)13-4)21-40-29(6,7)14-15-39-30(8,9)22-34-16-24(18-36-26(31)11-2)19-37-27(32)12-3/h10-13,24-25H,1-5,14-22H2,6-9H3. The van der Waals surface area contributed by atoms with E-state index in [9.17, 15) is 14.4 Å². The van der Waals surface area contributed by atoms with E-state index in [2.05, 4.69) is 32.9 Å². The van der Waals surface area contributed by atoms with Crippen molar-refractivity contribution in [1.29, 1.82) is 0 Å². The molecule has 0 radical (unpaired) electrons. The van der Waals surface area contributed by atoms with Gasteiger partial charge in [0.15, 0.2) is 0 Å². The summed E-state index contributed by atoms with van der Waals surface area (Å²) in [4.78, 5) is 34.3. The van der Waals surface area contributed by atoms with Gasteiger partial charge in [-0.2, -0.15) is 0 Å². The zero-order valence-corrected chi connectivity index (χ0v) is 24.4. The quantitative estimate of drug-likeness (QED) is 0.0555. The number of rotatable bonds is 24. The molecule has 226 valence electrons. The predicted octanol–water partition coefficient (Wildman–Crippen LogP) is 4.12. The lowest BCUT2D eigenvalue weighted by Crippen LogP contribution is -2.36. The van der Waals surface area contributed by atoms with Crippen LogP contribution in [0.5, 0.6) is 0 Å². The zero-order valence-electron chi connectivity index (χ0n) is 24.4. The first-order valence-corrected chi connectivity index (χ1v) is 12.9. The molecule has 0 aliphatic heterocycles. The molecule has 1 atom stereocenters. The van der Waals surface area contributed by atoms with E-state index in [4.69, 9.17) is 33.2 Å². The normalized spacial score (nSPS) is 12.1. The fourth-order valence-electron chi connectivity index (χ4n) is 2.85. The molecule has 40 heavy (non-hydrogen) atoms. The Morgan fingerprint density at radius 2 is 1.07 bits per heavy atom. The minimum absolute atomic E-state index is 0.00259. The molecule has 10 nitrogen and oxygen atoms in total. The van der Waals surface area contributed by atoms with E-state index in [1.165, 1.54) is 6.08 Å². The van der Waals surface area contributed by atoms with E-state index < -0.39 is 29.1 Å². The molecule has 0 fully saturated rings. The summed E-state index contributed by atoms with van der Waals surface area (Å²) in [5, 5.41) is 0. The molecule has 0 heterocycles. The van der Waals surface area contributed by atoms with Gasteiger partial charge >= 0.3 is 17.9 Å². The number of allylic oxidation sites excluding steroid dienone is 1. The van der Waals surface area contributed by atoms with E-state index in [0.29, 0.717) is 18.8 Å². The highest BCUT2D eigenvalue weighted by atomic mass is 16.6. The highest BCUT2D eigenvalue weighted by molar-refractivity contribution is 5.81. The van der Waals surface area contributed by atoms with Crippen molar-refractivity contribution in [3.63, 3.8) is 0 Å². The van der Waals surface area contributed by atoms with E-state index >= 15 is 0 Å². The van der Waals surface area contributed by atoms with Crippen LogP contribution < -0.4 is 0 Å². The molecule has 0 aromatic carbocycles. The molecule has 0 spiro atoms. The zero-order chi connectivity index (χ0) is 30.6. The van der Waals surface area contributed by atoms with Crippen molar-refractivity contribution in [2.45, 2.75) is 45.3 Å². The lowest BCUT2D eigenvalue weighted by molar-refractivity contribution is -0.147. The third-order valence-corrected chi connectivity index (χ3v) is 5.33. The summed E-state index contributed by atoms with van der Waals surface area (Å²) in [6, 6.07) is 0. The largest absolute Gasteiger partial charge is 0.494 e. The number of carbonyl (C=O) groups excluding carboxylic acids is 3. The van der Waals surface area contributed by atoms with Crippen LogP contribution in [-0.4, -0.2) is 82.0 Å². The molecule has 10 heteroatoms. The molecule has 0 amide bonds. The van der Waals surface area contributed by atoms with Crippen LogP contribution >= 0.6 is 0 Å². The summed E-state index contributed by atoms with van der Waals surface area (Å²) < 4.78 is 38.8. The summed E-state index contributed by atoms with van der Waals surface area (Å²) in [5.41, 5.74) is -1.17. The average molecular weight is 567 g/mol. The van der Waals surface area contributed by atoms with Gasteiger partial charge in [0, 0.05) is 18.2 Å². The van der Waals surface area contributed by atoms with Crippen molar-refractivity contribution >= 4 is 17.9 Å². The van der Waals surface area contributed by atoms with Crippen LogP contribution in [0.15, 0.2) is 63.0 Å². The van der Waals surface area contributed by atoms with Gasteiger partial charge in [0.2, 0.25) is 0 Å². The highest BCUT2D eigenvalue weighted by Gasteiger charge is 2.25. The number of hydrogen-bond acceptors (Lipinski definition) is 10. The van der Waals surface area contributed by atoms with Gasteiger partial charge in [0.1, 0.15) is 5.76 Å². The third kappa shape index (κ3) is 18.9. The van der Waals surface area contributed by atoms with Crippen molar-refractivity contribution < 1.29 is 47.5 Å². The number of carbonyl (C=O) groups is 3. The Morgan fingerprint density at radius 1 is 0.625 bits per heavy atom. The lowest BCUT2D eigenvalue weighted by atomic mass is 10.0. The Bertz CT molecular complexity index is 811. The topological polar surface area (TPSA) is 116 Å². The second-order valence-corrected chi connectivity index (χ2v) is 10.2. The van der Waals surface area contributed by atoms with Crippen molar-refractivity contribution in [2.75, 3.05) is 52.9 Å². The van der Waals surface area contributed by atoms with E-state index in [1.807, 2.05) is 27.7 Å². The maximum absolute atomic E-state index is 11.5. The molecule has 0 rings (SSSR count). The summed E-state index contributed by atoms with van der Waals surface area (Å²) >= 11 is 0. The highest BCUT2D eigenvalue weighted by Crippen LogP contribution is 2.20. The maximum atomic E-state index is 11.5. The van der Waals surface area contributed by atoms with Crippen LogP contribution in [0.2, 0.25) is 0 Å². The molecule has 0 saturated carbocycles. The van der Waals surface area contributed by atoms with Gasteiger partial charge in [-0.25, -0.2) is 14.4 Å². The van der Waals surface area contributed by atoms with Crippen LogP contribution in [0, 0.1) is 11.8 Å².